The average Bonchev–Trinajstić information content (AvgIpc) is 2.92. The van der Waals surface area contributed by atoms with Crippen LogP contribution in [0.4, 0.5) is 5.82 Å². The van der Waals surface area contributed by atoms with Crippen molar-refractivity contribution in [3.63, 3.8) is 0 Å². The third-order valence-corrected chi connectivity index (χ3v) is 3.43. The molecule has 0 aliphatic rings. The van der Waals surface area contributed by atoms with Crippen LogP contribution < -0.4 is 10.9 Å². The number of benzene rings is 1. The molecule has 23 heavy (non-hydrogen) atoms. The van der Waals surface area contributed by atoms with Crippen LogP contribution >= 0.6 is 0 Å². The van der Waals surface area contributed by atoms with Gasteiger partial charge in [0.25, 0.3) is 11.5 Å². The summed E-state index contributed by atoms with van der Waals surface area (Å²) in [5, 5.41) is 7.05. The van der Waals surface area contributed by atoms with Crippen LogP contribution in [0.3, 0.4) is 0 Å². The first kappa shape index (κ1) is 15.0. The van der Waals surface area contributed by atoms with Crippen molar-refractivity contribution in [1.82, 2.24) is 19.6 Å². The van der Waals surface area contributed by atoms with Crippen molar-refractivity contribution >= 4 is 17.5 Å². The number of aryl methyl sites for hydroxylation is 1. The fraction of sp³-hybridized carbons (Fsp3) is 0.250. The van der Waals surface area contributed by atoms with Crippen LogP contribution in [0.2, 0.25) is 0 Å². The lowest BCUT2D eigenvalue weighted by molar-refractivity contribution is 0.102. The summed E-state index contributed by atoms with van der Waals surface area (Å²) in [6.45, 7) is 5.86. The van der Waals surface area contributed by atoms with Crippen molar-refractivity contribution in [3.05, 3.63) is 57.6 Å². The first-order valence-electron chi connectivity index (χ1n) is 7.32. The van der Waals surface area contributed by atoms with Gasteiger partial charge in [0.2, 0.25) is 5.78 Å². The molecule has 0 spiro atoms. The molecule has 2 N–H and O–H groups in total. The van der Waals surface area contributed by atoms with E-state index in [4.69, 9.17) is 0 Å². The van der Waals surface area contributed by atoms with E-state index >= 15 is 0 Å². The zero-order valence-electron chi connectivity index (χ0n) is 13.1. The number of hydrogen-bond acceptors (Lipinski definition) is 4. The fourth-order valence-corrected chi connectivity index (χ4v) is 2.14. The highest BCUT2D eigenvalue weighted by Crippen LogP contribution is 2.13. The maximum Gasteiger partial charge on any atom is 0.256 e. The number of amides is 1. The van der Waals surface area contributed by atoms with Crippen molar-refractivity contribution < 1.29 is 4.79 Å². The molecule has 0 aliphatic heterocycles. The second kappa shape index (κ2) is 5.68. The summed E-state index contributed by atoms with van der Waals surface area (Å²) in [6.07, 6.45) is 0. The summed E-state index contributed by atoms with van der Waals surface area (Å²) >= 11 is 0. The smallest absolute Gasteiger partial charge is 0.256 e. The van der Waals surface area contributed by atoms with Crippen LogP contribution in [0.5, 0.6) is 0 Å². The molecule has 0 saturated heterocycles. The van der Waals surface area contributed by atoms with Crippen LogP contribution in [-0.4, -0.2) is 25.5 Å². The van der Waals surface area contributed by atoms with Gasteiger partial charge in [0.05, 0.1) is 0 Å². The molecular formula is C16H17N5O2. The zero-order valence-corrected chi connectivity index (χ0v) is 13.1. The molecule has 0 atom stereocenters. The van der Waals surface area contributed by atoms with Crippen LogP contribution in [-0.2, 0) is 0 Å². The summed E-state index contributed by atoms with van der Waals surface area (Å²) in [5.41, 5.74) is 1.23. The third kappa shape index (κ3) is 2.98. The van der Waals surface area contributed by atoms with E-state index in [0.29, 0.717) is 17.2 Å². The molecule has 0 fully saturated rings. The Bertz CT molecular complexity index is 922. The Labute approximate surface area is 132 Å². The molecule has 0 unspecified atom stereocenters. The molecule has 0 aliphatic carbocycles. The Morgan fingerprint density at radius 3 is 2.61 bits per heavy atom. The Balaban J connectivity index is 2.00. The van der Waals surface area contributed by atoms with Gasteiger partial charge in [-0.05, 0) is 19.1 Å². The number of anilines is 1. The molecular weight excluding hydrogens is 294 g/mol. The van der Waals surface area contributed by atoms with Gasteiger partial charge >= 0.3 is 0 Å². The molecule has 118 valence electrons. The lowest BCUT2D eigenvalue weighted by atomic mass is 10.1. The Morgan fingerprint density at radius 1 is 1.26 bits per heavy atom. The maximum absolute atomic E-state index is 12.3. The van der Waals surface area contributed by atoms with Crippen molar-refractivity contribution in [2.24, 2.45) is 0 Å². The summed E-state index contributed by atoms with van der Waals surface area (Å²) in [6, 6.07) is 8.47. The second-order valence-electron chi connectivity index (χ2n) is 5.70. The topological polar surface area (TPSA) is 92.1 Å². The first-order chi connectivity index (χ1) is 10.9. The largest absolute Gasteiger partial charge is 0.306 e. The van der Waals surface area contributed by atoms with Crippen molar-refractivity contribution in [1.29, 1.82) is 0 Å². The number of nitrogens with one attached hydrogen (secondary N) is 2. The molecule has 1 amide bonds. The summed E-state index contributed by atoms with van der Waals surface area (Å²) < 4.78 is 1.43. The van der Waals surface area contributed by atoms with Gasteiger partial charge < -0.3 is 5.32 Å². The molecule has 2 heterocycles. The van der Waals surface area contributed by atoms with Crippen LogP contribution in [0, 0.1) is 6.92 Å². The van der Waals surface area contributed by atoms with E-state index < -0.39 is 0 Å². The predicted molar refractivity (Wildman–Crippen MR) is 86.8 cm³/mol. The molecule has 3 aromatic rings. The van der Waals surface area contributed by atoms with Gasteiger partial charge in [-0.15, -0.1) is 5.10 Å². The standard InChI is InChI=1S/C16H17N5O2/c1-9(2)14-19-16-18-13(22)8-12(21(16)20-14)17-15(23)11-6-4-10(3)5-7-11/h4-9H,1-3H3,(H,17,23)(H,18,19,20,22). The lowest BCUT2D eigenvalue weighted by Crippen LogP contribution is -2.18. The molecule has 7 heteroatoms. The van der Waals surface area contributed by atoms with Crippen LogP contribution in [0.25, 0.3) is 5.78 Å². The average molecular weight is 311 g/mol. The Hall–Kier alpha value is -2.96. The maximum atomic E-state index is 12.3. The summed E-state index contributed by atoms with van der Waals surface area (Å²) in [5.74, 6) is 0.990. The number of carbonyl (C=O) groups excluding carboxylic acids is 1. The lowest BCUT2D eigenvalue weighted by Gasteiger charge is -2.06. The molecule has 2 aromatic heterocycles. The monoisotopic (exact) mass is 311 g/mol. The van der Waals surface area contributed by atoms with Crippen molar-refractivity contribution in [2.45, 2.75) is 26.7 Å². The van der Waals surface area contributed by atoms with E-state index in [1.54, 1.807) is 12.1 Å². The minimum Gasteiger partial charge on any atom is -0.306 e. The van der Waals surface area contributed by atoms with Gasteiger partial charge in [0.15, 0.2) is 5.82 Å². The molecule has 0 radical (unpaired) electrons. The van der Waals surface area contributed by atoms with Gasteiger partial charge in [-0.2, -0.15) is 9.50 Å². The number of carbonyl (C=O) groups is 1. The normalized spacial score (nSPS) is 11.1. The number of rotatable bonds is 3. The SMILES string of the molecule is Cc1ccc(C(=O)Nc2cc(=O)[nH]c3nc(C(C)C)nn23)cc1. The van der Waals surface area contributed by atoms with Gasteiger partial charge in [-0.25, -0.2) is 0 Å². The van der Waals surface area contributed by atoms with E-state index in [1.165, 1.54) is 10.6 Å². The van der Waals surface area contributed by atoms with E-state index in [1.807, 2.05) is 32.9 Å². The number of H-pyrrole nitrogens is 1. The number of aromatic nitrogens is 4. The highest BCUT2D eigenvalue weighted by atomic mass is 16.2. The highest BCUT2D eigenvalue weighted by Gasteiger charge is 2.14. The third-order valence-electron chi connectivity index (χ3n) is 3.43. The fourth-order valence-electron chi connectivity index (χ4n) is 2.14. The number of nitrogens with zero attached hydrogens (tertiary/aromatic N) is 3. The van der Waals surface area contributed by atoms with E-state index in [2.05, 4.69) is 20.4 Å². The minimum absolute atomic E-state index is 0.110. The van der Waals surface area contributed by atoms with E-state index in [-0.39, 0.29) is 23.2 Å². The summed E-state index contributed by atoms with van der Waals surface area (Å²) in [4.78, 5) is 31.0. The van der Waals surface area contributed by atoms with Crippen molar-refractivity contribution in [2.75, 3.05) is 5.32 Å². The van der Waals surface area contributed by atoms with Gasteiger partial charge in [-0.3, -0.25) is 14.6 Å². The molecule has 0 saturated carbocycles. The minimum atomic E-state index is -0.348. The number of hydrogen-bond donors (Lipinski definition) is 2. The van der Waals surface area contributed by atoms with Crippen LogP contribution in [0.1, 0.15) is 41.5 Å². The van der Waals surface area contributed by atoms with Crippen LogP contribution in [0.15, 0.2) is 35.1 Å². The van der Waals surface area contributed by atoms with E-state index in [9.17, 15) is 9.59 Å². The molecule has 3 rings (SSSR count). The molecule has 1 aromatic carbocycles. The molecule has 0 bridgehead atoms. The quantitative estimate of drug-likeness (QED) is 0.775. The number of aromatic amines is 1. The first-order valence-corrected chi connectivity index (χ1v) is 7.32. The highest BCUT2D eigenvalue weighted by molar-refractivity contribution is 6.03. The number of fused-ring (bicyclic) bond motifs is 1. The van der Waals surface area contributed by atoms with E-state index in [0.717, 1.165) is 5.56 Å². The Morgan fingerprint density at radius 2 is 1.96 bits per heavy atom. The predicted octanol–water partition coefficient (Wildman–Crippen LogP) is 2.10. The Kier molecular flexibility index (Phi) is 3.69. The zero-order chi connectivity index (χ0) is 16.6. The van der Waals surface area contributed by atoms with Crippen molar-refractivity contribution in [3.8, 4) is 0 Å². The molecule has 7 nitrogen and oxygen atoms in total. The van der Waals surface area contributed by atoms with Gasteiger partial charge in [-0.1, -0.05) is 31.5 Å². The summed E-state index contributed by atoms with van der Waals surface area (Å²) in [7, 11) is 0. The van der Waals surface area contributed by atoms with Gasteiger partial charge in [0.1, 0.15) is 5.82 Å². The van der Waals surface area contributed by atoms with Gasteiger partial charge in [0, 0.05) is 17.5 Å². The second-order valence-corrected chi connectivity index (χ2v) is 5.70.